The second-order valence-electron chi connectivity index (χ2n) is 11.4. The summed E-state index contributed by atoms with van der Waals surface area (Å²) in [6, 6.07) is 18.4. The van der Waals surface area contributed by atoms with Crippen LogP contribution in [0.1, 0.15) is 52.8 Å². The van der Waals surface area contributed by atoms with Gasteiger partial charge in [0.2, 0.25) is 11.8 Å². The van der Waals surface area contributed by atoms with E-state index in [1.165, 1.54) is 12.2 Å². The fourth-order valence-corrected chi connectivity index (χ4v) is 2.72. The molecule has 8 heteroatoms. The first-order valence-electron chi connectivity index (χ1n) is 13.1. The molecule has 1 radical (unpaired) electrons. The van der Waals surface area contributed by atoms with Crippen molar-refractivity contribution in [3.8, 4) is 0 Å². The molecule has 0 aliphatic heterocycles. The summed E-state index contributed by atoms with van der Waals surface area (Å²) in [5.41, 5.74) is 16.0. The summed E-state index contributed by atoms with van der Waals surface area (Å²) in [7, 11) is 0. The monoisotopic (exact) mass is 631 g/mol. The number of carbonyl (C=O) groups is 2. The molecule has 0 atom stereocenters. The van der Waals surface area contributed by atoms with E-state index in [0.29, 0.717) is 22.7 Å². The average Bonchev–Trinajstić information content (AvgIpc) is 2.86. The van der Waals surface area contributed by atoms with E-state index in [-0.39, 0.29) is 55.4 Å². The van der Waals surface area contributed by atoms with Crippen molar-refractivity contribution >= 4 is 34.6 Å². The van der Waals surface area contributed by atoms with Crippen molar-refractivity contribution in [3.05, 3.63) is 102 Å². The number of nitrogens with two attached hydrogens (primary N) is 2. The van der Waals surface area contributed by atoms with E-state index >= 15 is 0 Å². The summed E-state index contributed by atoms with van der Waals surface area (Å²) in [5.74, 6) is -0.319. The number of carbonyl (C=O) groups excluding carboxylic acids is 2. The van der Waals surface area contributed by atoms with Crippen molar-refractivity contribution < 1.29 is 42.3 Å². The Labute approximate surface area is 271 Å². The molecule has 6 N–H and O–H groups in total. The second kappa shape index (κ2) is 18.2. The average molecular weight is 632 g/mol. The number of allylic oxidation sites excluding steroid dienone is 2. The number of anilines is 4. The van der Waals surface area contributed by atoms with Crippen LogP contribution in [0.25, 0.3) is 0 Å². The molecule has 41 heavy (non-hydrogen) atoms. The summed E-state index contributed by atoms with van der Waals surface area (Å²) in [4.78, 5) is 27.1. The van der Waals surface area contributed by atoms with E-state index in [1.807, 2.05) is 104 Å². The van der Waals surface area contributed by atoms with Crippen molar-refractivity contribution in [2.24, 2.45) is 10.8 Å². The molecule has 3 aromatic rings. The van der Waals surface area contributed by atoms with Crippen LogP contribution in [0, 0.1) is 30.9 Å². The molecule has 0 saturated heterocycles. The van der Waals surface area contributed by atoms with Crippen LogP contribution in [-0.4, -0.2) is 16.8 Å². The fourth-order valence-electron chi connectivity index (χ4n) is 2.72. The molecular weight excluding hydrogens is 587 g/mol. The van der Waals surface area contributed by atoms with Crippen LogP contribution in [0.4, 0.5) is 22.7 Å². The largest absolute Gasteiger partial charge is 0.397 e. The van der Waals surface area contributed by atoms with E-state index in [9.17, 15) is 9.59 Å². The quantitative estimate of drug-likeness (QED) is 0.139. The number of pyridine rings is 1. The number of hydrogen-bond donors (Lipinski definition) is 4. The maximum atomic E-state index is 11.6. The molecule has 0 fully saturated rings. The van der Waals surface area contributed by atoms with Crippen molar-refractivity contribution in [2.75, 3.05) is 22.1 Å². The first-order valence-corrected chi connectivity index (χ1v) is 13.1. The zero-order valence-electron chi connectivity index (χ0n) is 25.6. The number of aromatic nitrogens is 1. The Morgan fingerprint density at radius 1 is 0.707 bits per heavy atom. The molecule has 0 aliphatic carbocycles. The number of hydrogen-bond acceptors (Lipinski definition) is 5. The van der Waals surface area contributed by atoms with Gasteiger partial charge < -0.3 is 27.1 Å². The van der Waals surface area contributed by atoms with Crippen LogP contribution in [0.2, 0.25) is 0 Å². The van der Waals surface area contributed by atoms with E-state index < -0.39 is 0 Å². The van der Waals surface area contributed by atoms with Gasteiger partial charge in [0.05, 0.1) is 22.7 Å². The molecule has 7 nitrogen and oxygen atoms in total. The van der Waals surface area contributed by atoms with Crippen LogP contribution >= 0.6 is 0 Å². The molecule has 217 valence electrons. The Hall–Kier alpha value is -3.29. The third-order valence-corrected chi connectivity index (χ3v) is 4.89. The standard InChI is InChI=1S/2C13H18N2O.C7H8N.Y/c2*1-13(2,3)9-8-12(16)15-11-7-5-4-6-10(11)14;1-6-3-4-7(2)8-5-6;/h2*4-9H,14H2,1-3H3,(H,15,16);3-4H,1-2H3;/q;;-1;/b2*9-8+;;. The summed E-state index contributed by atoms with van der Waals surface area (Å²) in [6.07, 6.45) is 9.64. The van der Waals surface area contributed by atoms with E-state index in [2.05, 4.69) is 21.8 Å². The zero-order valence-corrected chi connectivity index (χ0v) is 28.4. The van der Waals surface area contributed by atoms with Gasteiger partial charge in [-0.2, -0.15) is 12.1 Å². The Morgan fingerprint density at radius 3 is 1.39 bits per heavy atom. The van der Waals surface area contributed by atoms with Crippen LogP contribution in [0.15, 0.2) is 85.0 Å². The molecular formula is C33H44N5O2Y-. The molecule has 1 heterocycles. The predicted molar refractivity (Wildman–Crippen MR) is 169 cm³/mol. The number of rotatable bonds is 4. The summed E-state index contributed by atoms with van der Waals surface area (Å²) in [5, 5.41) is 5.46. The molecule has 0 unspecified atom stereocenters. The maximum Gasteiger partial charge on any atom is 0.248 e. The van der Waals surface area contributed by atoms with E-state index in [1.54, 1.807) is 24.3 Å². The minimum Gasteiger partial charge on any atom is -0.397 e. The molecule has 2 aromatic carbocycles. The third-order valence-electron chi connectivity index (χ3n) is 4.89. The van der Waals surface area contributed by atoms with Crippen molar-refractivity contribution in [1.82, 2.24) is 4.98 Å². The second-order valence-corrected chi connectivity index (χ2v) is 11.4. The maximum absolute atomic E-state index is 11.6. The zero-order chi connectivity index (χ0) is 30.3. The van der Waals surface area contributed by atoms with Crippen LogP contribution in [0.3, 0.4) is 0 Å². The predicted octanol–water partition coefficient (Wildman–Crippen LogP) is 7.12. The summed E-state index contributed by atoms with van der Waals surface area (Å²) in [6.45, 7) is 16.1. The van der Waals surface area contributed by atoms with Gasteiger partial charge in [0.15, 0.2) is 0 Å². The molecule has 0 saturated carbocycles. The summed E-state index contributed by atoms with van der Waals surface area (Å²) >= 11 is 0. The van der Waals surface area contributed by atoms with Crippen molar-refractivity contribution in [3.63, 3.8) is 0 Å². The van der Waals surface area contributed by atoms with Gasteiger partial charge in [0.25, 0.3) is 0 Å². The molecule has 0 bridgehead atoms. The van der Waals surface area contributed by atoms with Gasteiger partial charge in [-0.25, -0.2) is 0 Å². The van der Waals surface area contributed by atoms with Gasteiger partial charge in [0, 0.05) is 32.7 Å². The van der Waals surface area contributed by atoms with Gasteiger partial charge in [-0.1, -0.05) is 104 Å². The fraction of sp³-hybridized carbons (Fsp3) is 0.303. The normalized spacial score (nSPS) is 10.9. The number of amides is 2. The Morgan fingerprint density at radius 2 is 1.10 bits per heavy atom. The summed E-state index contributed by atoms with van der Waals surface area (Å²) < 4.78 is 0. The number of nitrogen functional groups attached to an aromatic ring is 2. The smallest absolute Gasteiger partial charge is 0.248 e. The Bertz CT molecular complexity index is 1190. The number of nitrogens with one attached hydrogen (secondary N) is 2. The molecule has 2 amide bonds. The minimum atomic E-state index is -0.159. The molecule has 0 spiro atoms. The Balaban J connectivity index is 0.000000609. The van der Waals surface area contributed by atoms with Crippen LogP contribution < -0.4 is 22.1 Å². The van der Waals surface area contributed by atoms with E-state index in [0.717, 1.165) is 11.3 Å². The minimum absolute atomic E-state index is 0. The Kier molecular flexibility index (Phi) is 16.7. The first kappa shape index (κ1) is 37.7. The number of aryl methyl sites for hydroxylation is 2. The van der Waals surface area contributed by atoms with Crippen molar-refractivity contribution in [1.29, 1.82) is 0 Å². The van der Waals surface area contributed by atoms with Gasteiger partial charge >= 0.3 is 0 Å². The van der Waals surface area contributed by atoms with Crippen molar-refractivity contribution in [2.45, 2.75) is 55.4 Å². The van der Waals surface area contributed by atoms with Gasteiger partial charge in [-0.05, 0) is 47.2 Å². The molecule has 3 rings (SSSR count). The van der Waals surface area contributed by atoms with Crippen LogP contribution in [0.5, 0.6) is 0 Å². The SMILES string of the molecule is CC(C)(C)/C=C/C(=O)Nc1ccccc1N.CC(C)(C)/C=C/C(=O)Nc1ccccc1N.Cc1[c-]nc(C)cc1.[Y]. The topological polar surface area (TPSA) is 123 Å². The van der Waals surface area contributed by atoms with E-state index in [4.69, 9.17) is 11.5 Å². The van der Waals surface area contributed by atoms with Gasteiger partial charge in [0.1, 0.15) is 0 Å². The van der Waals surface area contributed by atoms with Gasteiger partial charge in [-0.15, -0.1) is 5.56 Å². The number of para-hydroxylation sites is 4. The van der Waals surface area contributed by atoms with Crippen LogP contribution in [-0.2, 0) is 42.3 Å². The first-order chi connectivity index (χ1) is 18.6. The van der Waals surface area contributed by atoms with Gasteiger partial charge in [-0.3, -0.25) is 9.59 Å². The molecule has 1 aromatic heterocycles. The molecule has 0 aliphatic rings. The third kappa shape index (κ3) is 18.6. The number of benzene rings is 2. The number of nitrogens with zero attached hydrogens (tertiary/aromatic N) is 1.